The van der Waals surface area contributed by atoms with Gasteiger partial charge in [0.1, 0.15) is 0 Å². The minimum absolute atomic E-state index is 0.321. The lowest BCUT2D eigenvalue weighted by Crippen LogP contribution is -2.16. The molecular weight excluding hydrogens is 193 g/mol. The molecule has 0 fully saturated rings. The van der Waals surface area contributed by atoms with Gasteiger partial charge in [0, 0.05) is 15.2 Å². The fraction of sp³-hybridized carbons (Fsp3) is 1.00. The quantitative estimate of drug-likeness (QED) is 0.605. The van der Waals surface area contributed by atoms with Crippen LogP contribution in [-0.4, -0.2) is 15.0 Å². The lowest BCUT2D eigenvalue weighted by atomic mass is 10.2. The molecule has 0 N–H and O–H groups in total. The maximum atomic E-state index is 11.9. The van der Waals surface area contributed by atoms with Crippen LogP contribution in [0.2, 0.25) is 18.1 Å². The fourth-order valence-electron chi connectivity index (χ4n) is 1.42. The molecule has 0 spiro atoms. The molecule has 0 bridgehead atoms. The van der Waals surface area contributed by atoms with Crippen molar-refractivity contribution in [2.24, 2.45) is 0 Å². The van der Waals surface area contributed by atoms with Crippen LogP contribution >= 0.6 is 0 Å². The van der Waals surface area contributed by atoms with Crippen LogP contribution in [-0.2, 0) is 0 Å². The SMILES string of the molecule is CCC[SiH](C)C(C)CCC(F)(F)F. The van der Waals surface area contributed by atoms with E-state index in [1.165, 1.54) is 6.04 Å². The topological polar surface area (TPSA) is 0 Å². The second-order valence-electron chi connectivity index (χ2n) is 3.90. The third-order valence-electron chi connectivity index (χ3n) is 2.60. The Morgan fingerprint density at radius 1 is 1.31 bits per heavy atom. The molecule has 0 aromatic rings. The molecule has 0 saturated heterocycles. The normalized spacial score (nSPS) is 17.1. The van der Waals surface area contributed by atoms with Crippen LogP contribution in [0, 0.1) is 0 Å². The summed E-state index contributed by atoms with van der Waals surface area (Å²) in [4.78, 5) is 0. The van der Waals surface area contributed by atoms with Crippen molar-refractivity contribution in [3.05, 3.63) is 0 Å². The average Bonchev–Trinajstić information content (AvgIpc) is 1.99. The van der Waals surface area contributed by atoms with E-state index in [2.05, 4.69) is 13.5 Å². The first-order valence-electron chi connectivity index (χ1n) is 4.93. The Bertz CT molecular complexity index is 133. The van der Waals surface area contributed by atoms with Crippen LogP contribution in [0.3, 0.4) is 0 Å². The van der Waals surface area contributed by atoms with E-state index in [4.69, 9.17) is 0 Å². The molecule has 0 nitrogen and oxygen atoms in total. The third-order valence-corrected chi connectivity index (χ3v) is 6.36. The first kappa shape index (κ1) is 13.0. The van der Waals surface area contributed by atoms with E-state index in [9.17, 15) is 13.2 Å². The minimum Gasteiger partial charge on any atom is -0.171 e. The van der Waals surface area contributed by atoms with Gasteiger partial charge in [-0.3, -0.25) is 0 Å². The van der Waals surface area contributed by atoms with Crippen LogP contribution < -0.4 is 0 Å². The molecule has 0 heterocycles. The summed E-state index contributed by atoms with van der Waals surface area (Å²) >= 11 is 0. The van der Waals surface area contributed by atoms with Crippen molar-refractivity contribution in [2.75, 3.05) is 0 Å². The van der Waals surface area contributed by atoms with Gasteiger partial charge in [0.2, 0.25) is 0 Å². The molecule has 0 aliphatic carbocycles. The number of halogens is 3. The molecular formula is C9H19F3Si. The Kier molecular flexibility index (Phi) is 5.68. The standard InChI is InChI=1S/C9H19F3Si/c1-4-7-13(3)8(2)5-6-9(10,11)12/h8,13H,4-7H2,1-3H3. The number of rotatable bonds is 5. The molecule has 0 aliphatic heterocycles. The predicted octanol–water partition coefficient (Wildman–Crippen LogP) is 3.99. The monoisotopic (exact) mass is 212 g/mol. The van der Waals surface area contributed by atoms with E-state index in [0.717, 1.165) is 6.42 Å². The molecule has 80 valence electrons. The first-order chi connectivity index (χ1) is 5.87. The van der Waals surface area contributed by atoms with Crippen LogP contribution in [0.15, 0.2) is 0 Å². The lowest BCUT2D eigenvalue weighted by Gasteiger charge is -2.18. The largest absolute Gasteiger partial charge is 0.389 e. The molecule has 0 saturated carbocycles. The number of alkyl halides is 3. The molecule has 4 heteroatoms. The highest BCUT2D eigenvalue weighted by Gasteiger charge is 2.28. The molecule has 0 amide bonds. The van der Waals surface area contributed by atoms with Crippen molar-refractivity contribution in [2.45, 2.75) is 57.4 Å². The Balaban J connectivity index is 3.67. The predicted molar refractivity (Wildman–Crippen MR) is 52.8 cm³/mol. The summed E-state index contributed by atoms with van der Waals surface area (Å²) in [7, 11) is -0.886. The van der Waals surface area contributed by atoms with Crippen molar-refractivity contribution in [3.63, 3.8) is 0 Å². The van der Waals surface area contributed by atoms with Gasteiger partial charge < -0.3 is 0 Å². The fourth-order valence-corrected chi connectivity index (χ4v) is 3.63. The van der Waals surface area contributed by atoms with E-state index < -0.39 is 21.4 Å². The molecule has 13 heavy (non-hydrogen) atoms. The molecule has 0 aliphatic rings. The van der Waals surface area contributed by atoms with Crippen LogP contribution in [0.4, 0.5) is 13.2 Å². The van der Waals surface area contributed by atoms with E-state index in [0.29, 0.717) is 12.0 Å². The van der Waals surface area contributed by atoms with Crippen molar-refractivity contribution < 1.29 is 13.2 Å². The number of hydrogen-bond donors (Lipinski definition) is 0. The molecule has 0 rings (SSSR count). The summed E-state index contributed by atoms with van der Waals surface area (Å²) in [6, 6.07) is 1.17. The Hall–Kier alpha value is 0.00688. The Labute approximate surface area is 80.1 Å². The number of hydrogen-bond acceptors (Lipinski definition) is 0. The summed E-state index contributed by atoms with van der Waals surface area (Å²) in [6.07, 6.45) is -3.12. The van der Waals surface area contributed by atoms with E-state index in [1.807, 2.05) is 6.92 Å². The molecule has 0 aromatic heterocycles. The van der Waals surface area contributed by atoms with Crippen molar-refractivity contribution >= 4 is 8.80 Å². The summed E-state index contributed by atoms with van der Waals surface area (Å²) in [6.45, 7) is 6.24. The summed E-state index contributed by atoms with van der Waals surface area (Å²) in [5.41, 5.74) is 0.321. The second-order valence-corrected chi connectivity index (χ2v) is 7.57. The Morgan fingerprint density at radius 2 is 1.85 bits per heavy atom. The summed E-state index contributed by atoms with van der Waals surface area (Å²) in [5.74, 6) is 0. The van der Waals surface area contributed by atoms with Gasteiger partial charge >= 0.3 is 6.18 Å². The highest BCUT2D eigenvalue weighted by atomic mass is 28.3. The molecule has 2 atom stereocenters. The van der Waals surface area contributed by atoms with E-state index in [-0.39, 0.29) is 0 Å². The van der Waals surface area contributed by atoms with Gasteiger partial charge in [-0.25, -0.2) is 0 Å². The van der Waals surface area contributed by atoms with Gasteiger partial charge in [0.05, 0.1) is 0 Å². The van der Waals surface area contributed by atoms with E-state index >= 15 is 0 Å². The molecule has 0 radical (unpaired) electrons. The first-order valence-corrected chi connectivity index (χ1v) is 7.57. The van der Waals surface area contributed by atoms with Gasteiger partial charge in [0.15, 0.2) is 0 Å². The Morgan fingerprint density at radius 3 is 2.23 bits per heavy atom. The van der Waals surface area contributed by atoms with Gasteiger partial charge in [-0.1, -0.05) is 38.4 Å². The highest BCUT2D eigenvalue weighted by Crippen LogP contribution is 2.28. The van der Waals surface area contributed by atoms with Crippen molar-refractivity contribution in [1.29, 1.82) is 0 Å². The average molecular weight is 212 g/mol. The molecule has 2 unspecified atom stereocenters. The minimum atomic E-state index is -3.96. The van der Waals surface area contributed by atoms with Crippen LogP contribution in [0.1, 0.15) is 33.1 Å². The maximum absolute atomic E-state index is 11.9. The van der Waals surface area contributed by atoms with Gasteiger partial charge in [-0.15, -0.1) is 0 Å². The van der Waals surface area contributed by atoms with Gasteiger partial charge in [-0.2, -0.15) is 13.2 Å². The van der Waals surface area contributed by atoms with Gasteiger partial charge in [-0.05, 0) is 6.42 Å². The second kappa shape index (κ2) is 5.68. The van der Waals surface area contributed by atoms with Crippen molar-refractivity contribution in [1.82, 2.24) is 0 Å². The summed E-state index contributed by atoms with van der Waals surface area (Å²) < 4.78 is 35.6. The third kappa shape index (κ3) is 7.11. The van der Waals surface area contributed by atoms with E-state index in [1.54, 1.807) is 0 Å². The van der Waals surface area contributed by atoms with Crippen molar-refractivity contribution in [3.8, 4) is 0 Å². The highest BCUT2D eigenvalue weighted by molar-refractivity contribution is 6.58. The van der Waals surface area contributed by atoms with Crippen LogP contribution in [0.25, 0.3) is 0 Å². The molecule has 0 aromatic carbocycles. The zero-order valence-electron chi connectivity index (χ0n) is 8.62. The van der Waals surface area contributed by atoms with Crippen LogP contribution in [0.5, 0.6) is 0 Å². The van der Waals surface area contributed by atoms with Gasteiger partial charge in [0.25, 0.3) is 0 Å². The zero-order chi connectivity index (χ0) is 10.5. The lowest BCUT2D eigenvalue weighted by molar-refractivity contribution is -0.135. The summed E-state index contributed by atoms with van der Waals surface area (Å²) in [5, 5.41) is 0. The maximum Gasteiger partial charge on any atom is 0.389 e. The zero-order valence-corrected chi connectivity index (χ0v) is 9.77. The smallest absolute Gasteiger partial charge is 0.171 e.